The van der Waals surface area contributed by atoms with Gasteiger partial charge in [-0.1, -0.05) is 197 Å². The van der Waals surface area contributed by atoms with E-state index >= 15 is 0 Å². The Morgan fingerprint density at radius 3 is 1.72 bits per heavy atom. The molecular formula is C70H74BN3. The second kappa shape index (κ2) is 17.7. The highest BCUT2D eigenvalue weighted by Gasteiger charge is 2.57. The predicted molar refractivity (Wildman–Crippen MR) is 320 cm³/mol. The molecule has 3 aliphatic heterocycles. The SMILES string of the molecule is Cc1cc2c3c(c1)N(c1ccc(C(C)(C)C)cc1-c1ccccc1)c1cc(-c4ccccc4)ccc1B3c1ccc(N3c4ccc(C(C)C)cc4C4(C)CCCCCCC34C)cc1N2c1ccc(C(C)(C)C)cc1. The fraction of sp³-hybridized carbons (Fsp3) is 0.314. The topological polar surface area (TPSA) is 9.72 Å². The third kappa shape index (κ3) is 7.68. The highest BCUT2D eigenvalue weighted by Crippen LogP contribution is 2.60. The van der Waals surface area contributed by atoms with E-state index in [0.29, 0.717) is 5.92 Å². The van der Waals surface area contributed by atoms with Gasteiger partial charge in [-0.3, -0.25) is 0 Å². The zero-order valence-corrected chi connectivity index (χ0v) is 45.9. The summed E-state index contributed by atoms with van der Waals surface area (Å²) in [6, 6.07) is 66.1. The minimum Gasteiger partial charge on any atom is -0.334 e. The third-order valence-corrected chi connectivity index (χ3v) is 18.0. The molecule has 1 saturated carbocycles. The molecule has 0 bridgehead atoms. The zero-order valence-electron chi connectivity index (χ0n) is 45.9. The smallest absolute Gasteiger partial charge is 0.252 e. The summed E-state index contributed by atoms with van der Waals surface area (Å²) >= 11 is 0. The average molecular weight is 968 g/mol. The maximum absolute atomic E-state index is 2.81. The average Bonchev–Trinajstić information content (AvgIpc) is 3.57. The molecule has 8 aromatic carbocycles. The summed E-state index contributed by atoms with van der Waals surface area (Å²) in [6.07, 6.45) is 7.48. The maximum atomic E-state index is 2.81. The van der Waals surface area contributed by atoms with Crippen LogP contribution in [0.3, 0.4) is 0 Å². The largest absolute Gasteiger partial charge is 0.334 e. The lowest BCUT2D eigenvalue weighted by molar-refractivity contribution is 0.217. The van der Waals surface area contributed by atoms with Gasteiger partial charge in [0.25, 0.3) is 6.71 Å². The van der Waals surface area contributed by atoms with Gasteiger partial charge in [0.1, 0.15) is 0 Å². The molecule has 12 rings (SSSR count). The van der Waals surface area contributed by atoms with E-state index in [1.807, 2.05) is 0 Å². The first kappa shape index (κ1) is 48.2. The summed E-state index contributed by atoms with van der Waals surface area (Å²) in [6.45, 7) is 26.1. The minimum atomic E-state index is -0.0973. The Balaban J connectivity index is 1.14. The van der Waals surface area contributed by atoms with Crippen LogP contribution in [0, 0.1) is 6.92 Å². The maximum Gasteiger partial charge on any atom is 0.252 e. The number of anilines is 8. The number of nitrogens with zero attached hydrogens (tertiary/aromatic N) is 3. The standard InChI is InChI=1S/C70H74BN3/c1-46(2)50-27-36-61-57(42-50)69(10)38-20-12-13-21-39-70(69,11)74(61)55-33-35-59-63(45-55)72(54-31-28-52(29-32-54)67(4,5)6)64-40-47(3)41-65-66(64)71(59)58-34-26-51(48-22-16-14-17-23-48)43-62(58)73(65)60-37-30-53(68(7,8)9)44-56(60)49-24-18-15-19-25-49/h14-19,22-37,40-46H,12-13,20-21,38-39H2,1-11H3. The van der Waals surface area contributed by atoms with Gasteiger partial charge in [-0.05, 0) is 165 Å². The van der Waals surface area contributed by atoms with Crippen LogP contribution in [0.25, 0.3) is 22.3 Å². The fourth-order valence-corrected chi connectivity index (χ4v) is 13.6. The van der Waals surface area contributed by atoms with Gasteiger partial charge in [-0.2, -0.15) is 0 Å². The molecule has 0 radical (unpaired) electrons. The lowest BCUT2D eigenvalue weighted by Gasteiger charge is -2.49. The van der Waals surface area contributed by atoms with Crippen LogP contribution in [0.4, 0.5) is 45.5 Å². The monoisotopic (exact) mass is 968 g/mol. The Kier molecular flexibility index (Phi) is 11.5. The highest BCUT2D eigenvalue weighted by atomic mass is 15.3. The first-order valence-corrected chi connectivity index (χ1v) is 27.8. The Morgan fingerprint density at radius 1 is 0.473 bits per heavy atom. The molecule has 2 atom stereocenters. The van der Waals surface area contributed by atoms with Gasteiger partial charge in [0, 0.05) is 50.8 Å². The van der Waals surface area contributed by atoms with E-state index in [2.05, 4.69) is 261 Å². The molecule has 3 heterocycles. The van der Waals surface area contributed by atoms with Crippen LogP contribution >= 0.6 is 0 Å². The Labute approximate surface area is 443 Å². The van der Waals surface area contributed by atoms with Gasteiger partial charge in [0.2, 0.25) is 0 Å². The number of aryl methyl sites for hydroxylation is 1. The van der Waals surface area contributed by atoms with Crippen molar-refractivity contribution < 1.29 is 0 Å². The van der Waals surface area contributed by atoms with Gasteiger partial charge < -0.3 is 14.7 Å². The summed E-state index contributed by atoms with van der Waals surface area (Å²) in [5, 5.41) is 0. The van der Waals surface area contributed by atoms with Crippen molar-refractivity contribution in [1.82, 2.24) is 0 Å². The quantitative estimate of drug-likeness (QED) is 0.154. The molecule has 0 saturated heterocycles. The normalized spacial score (nSPS) is 19.1. The van der Waals surface area contributed by atoms with E-state index in [1.165, 1.54) is 144 Å². The summed E-state index contributed by atoms with van der Waals surface area (Å²) < 4.78 is 0. The molecule has 0 amide bonds. The van der Waals surface area contributed by atoms with E-state index in [4.69, 9.17) is 0 Å². The van der Waals surface area contributed by atoms with Gasteiger partial charge in [-0.25, -0.2) is 0 Å². The van der Waals surface area contributed by atoms with E-state index in [-0.39, 0.29) is 28.5 Å². The van der Waals surface area contributed by atoms with Crippen molar-refractivity contribution in [2.45, 2.75) is 142 Å². The van der Waals surface area contributed by atoms with Crippen molar-refractivity contribution >= 4 is 68.6 Å². The summed E-state index contributed by atoms with van der Waals surface area (Å²) in [4.78, 5) is 8.07. The van der Waals surface area contributed by atoms with E-state index in [1.54, 1.807) is 0 Å². The summed E-state index contributed by atoms with van der Waals surface area (Å²) in [5.41, 5.74) is 25.7. The van der Waals surface area contributed by atoms with Crippen LogP contribution < -0.4 is 31.1 Å². The van der Waals surface area contributed by atoms with Crippen LogP contribution in [0.15, 0.2) is 170 Å². The second-order valence-electron chi connectivity index (χ2n) is 25.1. The van der Waals surface area contributed by atoms with Gasteiger partial charge in [-0.15, -0.1) is 0 Å². The van der Waals surface area contributed by atoms with E-state index < -0.39 is 0 Å². The predicted octanol–water partition coefficient (Wildman–Crippen LogP) is 17.7. The molecule has 8 aromatic rings. The van der Waals surface area contributed by atoms with Crippen molar-refractivity contribution in [2.75, 3.05) is 14.7 Å². The van der Waals surface area contributed by atoms with Gasteiger partial charge >= 0.3 is 0 Å². The molecule has 2 unspecified atom stereocenters. The van der Waals surface area contributed by atoms with Crippen molar-refractivity contribution in [2.24, 2.45) is 0 Å². The minimum absolute atomic E-state index is 0.0105. The van der Waals surface area contributed by atoms with Crippen molar-refractivity contribution in [3.63, 3.8) is 0 Å². The lowest BCUT2D eigenvalue weighted by Crippen LogP contribution is -2.61. The zero-order chi connectivity index (χ0) is 51.5. The molecule has 3 nitrogen and oxygen atoms in total. The molecular weight excluding hydrogens is 894 g/mol. The van der Waals surface area contributed by atoms with Crippen LogP contribution in [-0.2, 0) is 16.2 Å². The van der Waals surface area contributed by atoms with Gasteiger partial charge in [0.05, 0.1) is 11.2 Å². The first-order valence-electron chi connectivity index (χ1n) is 27.8. The summed E-state index contributed by atoms with van der Waals surface area (Å²) in [7, 11) is 0. The van der Waals surface area contributed by atoms with Crippen molar-refractivity contribution in [3.8, 4) is 22.3 Å². The molecule has 4 heteroatoms. The van der Waals surface area contributed by atoms with Crippen LogP contribution in [-0.4, -0.2) is 12.3 Å². The fourth-order valence-electron chi connectivity index (χ4n) is 13.6. The summed E-state index contributed by atoms with van der Waals surface area (Å²) in [5.74, 6) is 0.471. The van der Waals surface area contributed by atoms with Crippen LogP contribution in [0.1, 0.15) is 141 Å². The molecule has 0 aromatic heterocycles. The number of fused-ring (bicyclic) bond motifs is 7. The van der Waals surface area contributed by atoms with E-state index in [9.17, 15) is 0 Å². The second-order valence-corrected chi connectivity index (χ2v) is 25.1. The number of hydrogen-bond acceptors (Lipinski definition) is 3. The highest BCUT2D eigenvalue weighted by molar-refractivity contribution is 7.00. The number of hydrogen-bond donors (Lipinski definition) is 0. The molecule has 0 spiro atoms. The first-order chi connectivity index (χ1) is 35.4. The van der Waals surface area contributed by atoms with Crippen molar-refractivity contribution in [1.29, 1.82) is 0 Å². The Hall–Kier alpha value is -6.78. The third-order valence-electron chi connectivity index (χ3n) is 18.0. The molecule has 4 aliphatic rings. The number of rotatable bonds is 6. The molecule has 74 heavy (non-hydrogen) atoms. The van der Waals surface area contributed by atoms with Crippen LogP contribution in [0.5, 0.6) is 0 Å². The molecule has 0 N–H and O–H groups in total. The Morgan fingerprint density at radius 2 is 1.05 bits per heavy atom. The molecule has 1 fully saturated rings. The van der Waals surface area contributed by atoms with E-state index in [0.717, 1.165) is 6.42 Å². The number of benzene rings is 8. The molecule has 1 aliphatic carbocycles. The van der Waals surface area contributed by atoms with Crippen molar-refractivity contribution in [3.05, 3.63) is 198 Å². The lowest BCUT2D eigenvalue weighted by atomic mass is 9.33. The van der Waals surface area contributed by atoms with Gasteiger partial charge in [0.15, 0.2) is 0 Å². The molecule has 372 valence electrons. The van der Waals surface area contributed by atoms with Crippen LogP contribution in [0.2, 0.25) is 0 Å². The Bertz CT molecular complexity index is 3450.